The van der Waals surface area contributed by atoms with Gasteiger partial charge in [-0.25, -0.2) is 13.4 Å². The Kier molecular flexibility index (Phi) is 7.26. The molecule has 1 aliphatic heterocycles. The first-order valence-electron chi connectivity index (χ1n) is 9.68. The van der Waals surface area contributed by atoms with Crippen molar-refractivity contribution in [1.29, 1.82) is 0 Å². The Morgan fingerprint density at radius 1 is 1.24 bits per heavy atom. The predicted octanol–water partition coefficient (Wildman–Crippen LogP) is 3.25. The van der Waals surface area contributed by atoms with E-state index in [4.69, 9.17) is 9.47 Å². The van der Waals surface area contributed by atoms with Crippen LogP contribution in [0.2, 0.25) is 0 Å². The molecule has 0 amide bonds. The number of benzene rings is 1. The summed E-state index contributed by atoms with van der Waals surface area (Å²) < 4.78 is 37.5. The smallest absolute Gasteiger partial charge is 0.309 e. The van der Waals surface area contributed by atoms with Crippen molar-refractivity contribution >= 4 is 27.3 Å². The molecule has 29 heavy (non-hydrogen) atoms. The molecule has 1 fully saturated rings. The second-order valence-electron chi connectivity index (χ2n) is 6.94. The molecule has 0 radical (unpaired) electrons. The topological polar surface area (TPSA) is 85.8 Å². The largest absolute Gasteiger partial charge is 0.497 e. The molecule has 3 rings (SSSR count). The van der Waals surface area contributed by atoms with Gasteiger partial charge >= 0.3 is 5.97 Å². The quantitative estimate of drug-likeness (QED) is 0.588. The SMILES string of the molecule is CCCc1nc(COC(=O)C2CCN(S(=O)(=O)c3ccc(OC)cc3)CC2)cs1. The van der Waals surface area contributed by atoms with E-state index in [0.29, 0.717) is 31.7 Å². The van der Waals surface area contributed by atoms with E-state index in [1.54, 1.807) is 23.5 Å². The van der Waals surface area contributed by atoms with Crippen molar-refractivity contribution in [3.05, 3.63) is 40.3 Å². The third-order valence-corrected chi connectivity index (χ3v) is 7.78. The average molecular weight is 439 g/mol. The Labute approximate surface area is 175 Å². The molecule has 0 N–H and O–H groups in total. The van der Waals surface area contributed by atoms with Gasteiger partial charge in [-0.3, -0.25) is 4.79 Å². The number of thiazole rings is 1. The molecule has 1 saturated heterocycles. The van der Waals surface area contributed by atoms with Gasteiger partial charge in [-0.1, -0.05) is 6.92 Å². The van der Waals surface area contributed by atoms with E-state index in [-0.39, 0.29) is 23.4 Å². The molecular weight excluding hydrogens is 412 g/mol. The monoisotopic (exact) mass is 438 g/mol. The van der Waals surface area contributed by atoms with Gasteiger partial charge in [0.2, 0.25) is 10.0 Å². The summed E-state index contributed by atoms with van der Waals surface area (Å²) in [6, 6.07) is 6.33. The number of esters is 1. The van der Waals surface area contributed by atoms with Gasteiger partial charge in [0.1, 0.15) is 12.4 Å². The number of ether oxygens (including phenoxy) is 2. The first-order chi connectivity index (χ1) is 13.9. The molecule has 7 nitrogen and oxygen atoms in total. The Morgan fingerprint density at radius 3 is 2.55 bits per heavy atom. The van der Waals surface area contributed by atoms with E-state index in [1.807, 2.05) is 5.38 Å². The average Bonchev–Trinajstić information content (AvgIpc) is 3.20. The van der Waals surface area contributed by atoms with Crippen molar-refractivity contribution in [2.24, 2.45) is 5.92 Å². The Morgan fingerprint density at radius 2 is 1.93 bits per heavy atom. The number of hydrogen-bond donors (Lipinski definition) is 0. The van der Waals surface area contributed by atoms with Gasteiger partial charge < -0.3 is 9.47 Å². The molecule has 1 aromatic heterocycles. The fraction of sp³-hybridized carbons (Fsp3) is 0.500. The molecule has 0 unspecified atom stereocenters. The second kappa shape index (κ2) is 9.69. The summed E-state index contributed by atoms with van der Waals surface area (Å²) in [6.07, 6.45) is 2.86. The first-order valence-corrected chi connectivity index (χ1v) is 12.0. The van der Waals surface area contributed by atoms with Crippen LogP contribution in [0, 0.1) is 5.92 Å². The maximum atomic E-state index is 12.8. The van der Waals surface area contributed by atoms with Gasteiger partial charge in [0, 0.05) is 18.5 Å². The molecule has 0 saturated carbocycles. The lowest BCUT2D eigenvalue weighted by Gasteiger charge is -2.30. The van der Waals surface area contributed by atoms with Crippen LogP contribution in [0.4, 0.5) is 0 Å². The first kappa shape index (κ1) is 21.7. The van der Waals surface area contributed by atoms with Crippen molar-refractivity contribution < 1.29 is 22.7 Å². The van der Waals surface area contributed by atoms with Crippen molar-refractivity contribution in [3.63, 3.8) is 0 Å². The molecular formula is C20H26N2O5S2. The predicted molar refractivity (Wildman–Crippen MR) is 110 cm³/mol. The molecule has 0 aliphatic carbocycles. The van der Waals surface area contributed by atoms with Crippen molar-refractivity contribution in [2.75, 3.05) is 20.2 Å². The summed E-state index contributed by atoms with van der Waals surface area (Å²) in [5, 5.41) is 2.97. The number of nitrogens with zero attached hydrogens (tertiary/aromatic N) is 2. The van der Waals surface area contributed by atoms with E-state index >= 15 is 0 Å². The molecule has 0 bridgehead atoms. The molecule has 1 aliphatic rings. The van der Waals surface area contributed by atoms with Crippen LogP contribution < -0.4 is 4.74 Å². The van der Waals surface area contributed by atoms with Crippen LogP contribution in [0.5, 0.6) is 5.75 Å². The Hall–Kier alpha value is -1.97. The number of aromatic nitrogens is 1. The summed E-state index contributed by atoms with van der Waals surface area (Å²) in [7, 11) is -2.04. The van der Waals surface area contributed by atoms with Crippen LogP contribution >= 0.6 is 11.3 Å². The number of piperidine rings is 1. The molecule has 158 valence electrons. The van der Waals surface area contributed by atoms with Crippen LogP contribution in [-0.2, 0) is 32.6 Å². The minimum absolute atomic E-state index is 0.170. The second-order valence-corrected chi connectivity index (χ2v) is 9.82. The van der Waals surface area contributed by atoms with Crippen LogP contribution in [0.15, 0.2) is 34.5 Å². The number of carbonyl (C=O) groups excluding carboxylic acids is 1. The van der Waals surface area contributed by atoms with E-state index in [1.165, 1.54) is 23.5 Å². The maximum absolute atomic E-state index is 12.8. The summed E-state index contributed by atoms with van der Waals surface area (Å²) >= 11 is 1.58. The zero-order chi connectivity index (χ0) is 20.9. The van der Waals surface area contributed by atoms with E-state index in [2.05, 4.69) is 11.9 Å². The van der Waals surface area contributed by atoms with Gasteiger partial charge in [0.25, 0.3) is 0 Å². The summed E-state index contributed by atoms with van der Waals surface area (Å²) in [5.74, 6) is 0.0370. The Bertz CT molecular complexity index is 917. The summed E-state index contributed by atoms with van der Waals surface area (Å²) in [5.41, 5.74) is 0.770. The van der Waals surface area contributed by atoms with E-state index in [0.717, 1.165) is 23.5 Å². The number of rotatable bonds is 8. The lowest BCUT2D eigenvalue weighted by Crippen LogP contribution is -2.40. The number of methoxy groups -OCH3 is 1. The molecule has 1 aromatic carbocycles. The highest BCUT2D eigenvalue weighted by atomic mass is 32.2. The van der Waals surface area contributed by atoms with Gasteiger partial charge in [-0.05, 0) is 49.9 Å². The highest BCUT2D eigenvalue weighted by molar-refractivity contribution is 7.89. The molecule has 0 spiro atoms. The lowest BCUT2D eigenvalue weighted by atomic mass is 9.98. The zero-order valence-electron chi connectivity index (χ0n) is 16.7. The zero-order valence-corrected chi connectivity index (χ0v) is 18.3. The fourth-order valence-electron chi connectivity index (χ4n) is 3.24. The highest BCUT2D eigenvalue weighted by Crippen LogP contribution is 2.26. The minimum atomic E-state index is -3.58. The number of carbonyl (C=O) groups is 1. The molecule has 0 atom stereocenters. The summed E-state index contributed by atoms with van der Waals surface area (Å²) in [6.45, 7) is 2.86. The van der Waals surface area contributed by atoms with Crippen LogP contribution in [0.25, 0.3) is 0 Å². The van der Waals surface area contributed by atoms with Crippen LogP contribution in [0.1, 0.15) is 36.9 Å². The number of sulfonamides is 1. The Balaban J connectivity index is 1.51. The highest BCUT2D eigenvalue weighted by Gasteiger charge is 2.32. The van der Waals surface area contributed by atoms with Gasteiger partial charge in [-0.2, -0.15) is 4.31 Å². The van der Waals surface area contributed by atoms with Crippen molar-refractivity contribution in [3.8, 4) is 5.75 Å². The van der Waals surface area contributed by atoms with Crippen LogP contribution in [0.3, 0.4) is 0 Å². The van der Waals surface area contributed by atoms with Crippen molar-refractivity contribution in [1.82, 2.24) is 9.29 Å². The van der Waals surface area contributed by atoms with E-state index in [9.17, 15) is 13.2 Å². The standard InChI is InChI=1S/C20H26N2O5S2/c1-3-4-19-21-16(14-28-19)13-27-20(23)15-9-11-22(12-10-15)29(24,25)18-7-5-17(26-2)6-8-18/h5-8,14-15H,3-4,9-13H2,1-2H3. The molecule has 2 heterocycles. The van der Waals surface area contributed by atoms with Gasteiger partial charge in [-0.15, -0.1) is 11.3 Å². The summed E-state index contributed by atoms with van der Waals surface area (Å²) in [4.78, 5) is 17.1. The lowest BCUT2D eigenvalue weighted by molar-refractivity contribution is -0.151. The maximum Gasteiger partial charge on any atom is 0.309 e. The van der Waals surface area contributed by atoms with Gasteiger partial charge in [0.15, 0.2) is 0 Å². The third-order valence-electron chi connectivity index (χ3n) is 4.91. The molecule has 2 aromatic rings. The van der Waals surface area contributed by atoms with Crippen LogP contribution in [-0.4, -0.2) is 43.9 Å². The normalized spacial score (nSPS) is 15.9. The van der Waals surface area contributed by atoms with Crippen molar-refractivity contribution in [2.45, 2.75) is 44.1 Å². The molecule has 9 heteroatoms. The fourth-order valence-corrected chi connectivity index (χ4v) is 5.59. The number of hydrogen-bond acceptors (Lipinski definition) is 7. The number of aryl methyl sites for hydroxylation is 1. The van der Waals surface area contributed by atoms with E-state index < -0.39 is 10.0 Å². The van der Waals surface area contributed by atoms with Gasteiger partial charge in [0.05, 0.1) is 28.6 Å². The minimum Gasteiger partial charge on any atom is -0.497 e. The third kappa shape index (κ3) is 5.34.